The van der Waals surface area contributed by atoms with Gasteiger partial charge in [0.15, 0.2) is 17.6 Å². The third kappa shape index (κ3) is 3.03. The number of hydrogen-bond acceptors (Lipinski definition) is 7. The average molecular weight is 522 g/mol. The number of nitrogens with zero attached hydrogens (tertiary/aromatic N) is 1. The SMILES string of the molecule is COc1ccc2c(c1OC)C(=O)O[C@H]2c1c(O)n(-c2ccc(I)cc2)c(=O)[nH]c1=O. The second-order valence-electron chi connectivity index (χ2n) is 6.36. The summed E-state index contributed by atoms with van der Waals surface area (Å²) in [6.07, 6.45) is -1.23. The number of ether oxygens (including phenoxy) is 3. The molecular weight excluding hydrogens is 507 g/mol. The maximum Gasteiger partial charge on any atom is 0.343 e. The van der Waals surface area contributed by atoms with E-state index < -0.39 is 29.2 Å². The van der Waals surface area contributed by atoms with E-state index in [1.165, 1.54) is 14.2 Å². The van der Waals surface area contributed by atoms with Crippen LogP contribution in [0.5, 0.6) is 17.4 Å². The standard InChI is InChI=1S/C20H15IN2O7/c1-28-12-8-7-11-13(16(12)29-2)19(26)30-15(11)14-17(24)22-20(27)23(18(14)25)10-5-3-9(21)4-6-10/h3-8,15,25H,1-2H3,(H,22,24,27)/t15-/m1/s1. The van der Waals surface area contributed by atoms with Crippen LogP contribution in [-0.2, 0) is 4.74 Å². The van der Waals surface area contributed by atoms with Crippen molar-refractivity contribution in [3.05, 3.63) is 77.5 Å². The molecule has 0 spiro atoms. The molecule has 2 heterocycles. The number of halogens is 1. The molecule has 3 aromatic rings. The first-order valence-electron chi connectivity index (χ1n) is 8.67. The monoisotopic (exact) mass is 522 g/mol. The van der Waals surface area contributed by atoms with Gasteiger partial charge in [0.25, 0.3) is 5.56 Å². The van der Waals surface area contributed by atoms with Crippen molar-refractivity contribution in [2.24, 2.45) is 0 Å². The minimum absolute atomic E-state index is 0.0904. The fourth-order valence-electron chi connectivity index (χ4n) is 3.42. The predicted octanol–water partition coefficient (Wildman–Crippen LogP) is 2.11. The lowest BCUT2D eigenvalue weighted by Crippen LogP contribution is -2.32. The minimum atomic E-state index is -1.23. The van der Waals surface area contributed by atoms with Gasteiger partial charge in [0.1, 0.15) is 11.1 Å². The molecule has 1 atom stereocenters. The lowest BCUT2D eigenvalue weighted by atomic mass is 9.99. The molecule has 0 saturated heterocycles. The van der Waals surface area contributed by atoms with Gasteiger partial charge in [-0.25, -0.2) is 14.2 Å². The summed E-state index contributed by atoms with van der Waals surface area (Å²) in [6, 6.07) is 9.84. The zero-order valence-electron chi connectivity index (χ0n) is 15.8. The van der Waals surface area contributed by atoms with E-state index in [0.717, 1.165) is 8.14 Å². The number of nitrogens with one attached hydrogen (secondary N) is 1. The number of cyclic esters (lactones) is 1. The van der Waals surface area contributed by atoms with E-state index in [2.05, 4.69) is 27.6 Å². The molecule has 2 N–H and O–H groups in total. The van der Waals surface area contributed by atoms with Gasteiger partial charge in [-0.1, -0.05) is 6.07 Å². The molecule has 0 fully saturated rings. The fraction of sp³-hybridized carbons (Fsp3) is 0.150. The van der Waals surface area contributed by atoms with E-state index >= 15 is 0 Å². The second kappa shape index (κ2) is 7.52. The molecule has 0 radical (unpaired) electrons. The molecule has 0 bridgehead atoms. The molecule has 10 heteroatoms. The van der Waals surface area contributed by atoms with Crippen LogP contribution in [0.1, 0.15) is 27.6 Å². The molecular formula is C20H15IN2O7. The predicted molar refractivity (Wildman–Crippen MR) is 114 cm³/mol. The zero-order valence-corrected chi connectivity index (χ0v) is 17.9. The quantitative estimate of drug-likeness (QED) is 0.398. The number of hydrogen-bond donors (Lipinski definition) is 2. The van der Waals surface area contributed by atoms with E-state index in [-0.39, 0.29) is 16.9 Å². The molecule has 0 unspecified atom stereocenters. The van der Waals surface area contributed by atoms with Crippen molar-refractivity contribution in [2.45, 2.75) is 6.10 Å². The molecule has 30 heavy (non-hydrogen) atoms. The van der Waals surface area contributed by atoms with Crippen LogP contribution in [0.25, 0.3) is 5.69 Å². The summed E-state index contributed by atoms with van der Waals surface area (Å²) in [5, 5.41) is 10.9. The zero-order chi connectivity index (χ0) is 21.6. The third-order valence-corrected chi connectivity index (χ3v) is 5.48. The van der Waals surface area contributed by atoms with Crippen molar-refractivity contribution in [3.63, 3.8) is 0 Å². The van der Waals surface area contributed by atoms with E-state index in [1.807, 2.05) is 0 Å². The number of rotatable bonds is 4. The second-order valence-corrected chi connectivity index (χ2v) is 7.60. The molecule has 1 aliphatic rings. The summed E-state index contributed by atoms with van der Waals surface area (Å²) in [7, 11) is 2.80. The van der Waals surface area contributed by atoms with Crippen LogP contribution >= 0.6 is 22.6 Å². The van der Waals surface area contributed by atoms with Crippen LogP contribution in [0.15, 0.2) is 46.0 Å². The van der Waals surface area contributed by atoms with Crippen molar-refractivity contribution >= 4 is 28.6 Å². The van der Waals surface area contributed by atoms with Gasteiger partial charge in [-0.3, -0.25) is 9.78 Å². The fourth-order valence-corrected chi connectivity index (χ4v) is 3.78. The van der Waals surface area contributed by atoms with Gasteiger partial charge < -0.3 is 19.3 Å². The lowest BCUT2D eigenvalue weighted by Gasteiger charge is -2.16. The van der Waals surface area contributed by atoms with Crippen LogP contribution < -0.4 is 20.7 Å². The van der Waals surface area contributed by atoms with Gasteiger partial charge in [-0.15, -0.1) is 0 Å². The highest BCUT2D eigenvalue weighted by Crippen LogP contribution is 2.45. The van der Waals surface area contributed by atoms with Gasteiger partial charge in [0.05, 0.1) is 19.9 Å². The molecule has 0 saturated carbocycles. The average Bonchev–Trinajstić information content (AvgIpc) is 3.04. The Morgan fingerprint density at radius 3 is 2.40 bits per heavy atom. The van der Waals surface area contributed by atoms with E-state index in [1.54, 1.807) is 36.4 Å². The Bertz CT molecular complexity index is 1280. The summed E-state index contributed by atoms with van der Waals surface area (Å²) in [5.41, 5.74) is -1.21. The van der Waals surface area contributed by atoms with Crippen LogP contribution in [-0.4, -0.2) is 34.8 Å². The third-order valence-electron chi connectivity index (χ3n) is 4.76. The maximum atomic E-state index is 12.6. The number of carbonyl (C=O) groups excluding carboxylic acids is 1. The number of esters is 1. The van der Waals surface area contributed by atoms with Gasteiger partial charge in [0, 0.05) is 9.13 Å². The minimum Gasteiger partial charge on any atom is -0.494 e. The van der Waals surface area contributed by atoms with E-state index in [9.17, 15) is 19.5 Å². The Morgan fingerprint density at radius 1 is 1.07 bits per heavy atom. The van der Waals surface area contributed by atoms with Crippen molar-refractivity contribution in [1.29, 1.82) is 0 Å². The highest BCUT2D eigenvalue weighted by atomic mass is 127. The Kier molecular flexibility index (Phi) is 5.02. The van der Waals surface area contributed by atoms with Crippen LogP contribution in [0.2, 0.25) is 0 Å². The smallest absolute Gasteiger partial charge is 0.343 e. The number of carbonyl (C=O) groups is 1. The van der Waals surface area contributed by atoms with Crippen LogP contribution in [0.4, 0.5) is 0 Å². The van der Waals surface area contributed by atoms with Crippen molar-refractivity contribution in [3.8, 4) is 23.1 Å². The molecule has 1 aliphatic heterocycles. The molecule has 1 aromatic heterocycles. The largest absolute Gasteiger partial charge is 0.494 e. The topological polar surface area (TPSA) is 120 Å². The molecule has 0 amide bonds. The summed E-state index contributed by atoms with van der Waals surface area (Å²) in [4.78, 5) is 39.7. The van der Waals surface area contributed by atoms with Crippen molar-refractivity contribution < 1.29 is 24.1 Å². The normalized spacial score (nSPS) is 14.9. The number of benzene rings is 2. The highest BCUT2D eigenvalue weighted by molar-refractivity contribution is 14.1. The summed E-state index contributed by atoms with van der Waals surface area (Å²) in [5.74, 6) is -0.887. The van der Waals surface area contributed by atoms with Crippen LogP contribution in [0, 0.1) is 3.57 Å². The first-order chi connectivity index (χ1) is 14.4. The maximum absolute atomic E-state index is 12.6. The van der Waals surface area contributed by atoms with Crippen molar-refractivity contribution in [1.82, 2.24) is 9.55 Å². The molecule has 2 aromatic carbocycles. The Hall–Kier alpha value is -3.28. The number of fused-ring (bicyclic) bond motifs is 1. The van der Waals surface area contributed by atoms with Gasteiger partial charge in [0.2, 0.25) is 5.88 Å². The molecule has 9 nitrogen and oxygen atoms in total. The molecule has 4 rings (SSSR count). The molecule has 0 aliphatic carbocycles. The number of methoxy groups -OCH3 is 2. The van der Waals surface area contributed by atoms with Gasteiger partial charge in [-0.05, 0) is 52.9 Å². The Labute approximate surface area is 183 Å². The first-order valence-corrected chi connectivity index (χ1v) is 9.75. The van der Waals surface area contributed by atoms with Crippen LogP contribution in [0.3, 0.4) is 0 Å². The number of aromatic hydroxyl groups is 1. The van der Waals surface area contributed by atoms with Gasteiger partial charge in [-0.2, -0.15) is 0 Å². The van der Waals surface area contributed by atoms with E-state index in [0.29, 0.717) is 17.0 Å². The summed E-state index contributed by atoms with van der Waals surface area (Å²) in [6.45, 7) is 0. The van der Waals surface area contributed by atoms with Crippen molar-refractivity contribution in [2.75, 3.05) is 14.2 Å². The highest BCUT2D eigenvalue weighted by Gasteiger charge is 2.40. The van der Waals surface area contributed by atoms with E-state index in [4.69, 9.17) is 14.2 Å². The summed E-state index contributed by atoms with van der Waals surface area (Å²) >= 11 is 2.10. The van der Waals surface area contributed by atoms with Gasteiger partial charge >= 0.3 is 11.7 Å². The number of H-pyrrole nitrogens is 1. The Balaban J connectivity index is 1.95. The molecule has 154 valence electrons. The summed E-state index contributed by atoms with van der Waals surface area (Å²) < 4.78 is 17.8. The number of aromatic nitrogens is 2. The lowest BCUT2D eigenvalue weighted by molar-refractivity contribution is 0.0447. The number of aromatic amines is 1. The Morgan fingerprint density at radius 2 is 1.77 bits per heavy atom. The first kappa shape index (κ1) is 20.0.